The van der Waals surface area contributed by atoms with Gasteiger partial charge in [-0.1, -0.05) is 81.2 Å². The van der Waals surface area contributed by atoms with Gasteiger partial charge >= 0.3 is 0 Å². The van der Waals surface area contributed by atoms with Gasteiger partial charge < -0.3 is 0 Å². The third-order valence-corrected chi connectivity index (χ3v) is 5.19. The van der Waals surface area contributed by atoms with E-state index in [4.69, 9.17) is 81.2 Å². The molecule has 0 bridgehead atoms. The number of benzene rings is 2. The van der Waals surface area contributed by atoms with Crippen molar-refractivity contribution >= 4 is 92.6 Å². The molecule has 0 atom stereocenters. The van der Waals surface area contributed by atoms with Gasteiger partial charge in [-0.2, -0.15) is 0 Å². The minimum atomic E-state index is 0.0918. The molecule has 0 heterocycles. The van der Waals surface area contributed by atoms with Crippen molar-refractivity contribution < 1.29 is 0 Å². The standard InChI is InChI=1S/C12H3Cl7N2/c13-4-1-2-7(10(18)8(4)16)20-21-12-6(15)3-5(14)9(17)11(12)19/h1-3H. The molecule has 0 aromatic heterocycles. The van der Waals surface area contributed by atoms with Crippen LogP contribution in [0.3, 0.4) is 0 Å². The number of hydrogen-bond acceptors (Lipinski definition) is 2. The van der Waals surface area contributed by atoms with Gasteiger partial charge in [-0.15, -0.1) is 10.2 Å². The zero-order valence-corrected chi connectivity index (χ0v) is 15.1. The van der Waals surface area contributed by atoms with Crippen molar-refractivity contribution in [1.82, 2.24) is 0 Å². The summed E-state index contributed by atoms with van der Waals surface area (Å²) in [5.74, 6) is 0. The van der Waals surface area contributed by atoms with Crippen LogP contribution in [0.2, 0.25) is 35.2 Å². The van der Waals surface area contributed by atoms with Gasteiger partial charge in [0.05, 0.1) is 35.2 Å². The zero-order valence-electron chi connectivity index (χ0n) is 9.77. The van der Waals surface area contributed by atoms with Crippen molar-refractivity contribution in [3.05, 3.63) is 53.4 Å². The second-order valence-electron chi connectivity index (χ2n) is 3.71. The summed E-state index contributed by atoms with van der Waals surface area (Å²) in [6, 6.07) is 4.52. The first-order valence-electron chi connectivity index (χ1n) is 5.21. The lowest BCUT2D eigenvalue weighted by Crippen LogP contribution is -1.77. The van der Waals surface area contributed by atoms with E-state index < -0.39 is 0 Å². The van der Waals surface area contributed by atoms with E-state index in [0.29, 0.717) is 10.7 Å². The summed E-state index contributed by atoms with van der Waals surface area (Å²) in [6.07, 6.45) is 0. The highest BCUT2D eigenvalue weighted by molar-refractivity contribution is 6.51. The fourth-order valence-corrected chi connectivity index (χ4v) is 2.90. The number of nitrogens with zero attached hydrogens (tertiary/aromatic N) is 2. The molecule has 2 aromatic rings. The fourth-order valence-electron chi connectivity index (χ4n) is 1.35. The van der Waals surface area contributed by atoms with Crippen molar-refractivity contribution in [1.29, 1.82) is 0 Å². The molecule has 0 amide bonds. The molecule has 0 N–H and O–H groups in total. The van der Waals surface area contributed by atoms with E-state index in [-0.39, 0.29) is 35.8 Å². The molecule has 2 nitrogen and oxygen atoms in total. The monoisotopic (exact) mass is 420 g/mol. The maximum absolute atomic E-state index is 6.03. The smallest absolute Gasteiger partial charge is 0.124 e. The summed E-state index contributed by atoms with van der Waals surface area (Å²) in [7, 11) is 0. The molecule has 0 aliphatic rings. The van der Waals surface area contributed by atoms with E-state index in [1.165, 1.54) is 6.07 Å². The van der Waals surface area contributed by atoms with Gasteiger partial charge in [0.1, 0.15) is 11.4 Å². The van der Waals surface area contributed by atoms with Gasteiger partial charge in [0.25, 0.3) is 0 Å². The summed E-state index contributed by atoms with van der Waals surface area (Å²) in [6.45, 7) is 0. The number of hydrogen-bond donors (Lipinski definition) is 0. The molecule has 9 heteroatoms. The number of azo groups is 1. The van der Waals surface area contributed by atoms with Crippen molar-refractivity contribution in [2.24, 2.45) is 10.2 Å². The lowest BCUT2D eigenvalue weighted by Gasteiger charge is -2.05. The summed E-state index contributed by atoms with van der Waals surface area (Å²) in [5, 5.41) is 9.20. The molecular weight excluding hydrogens is 420 g/mol. The quantitative estimate of drug-likeness (QED) is 0.262. The molecule has 2 rings (SSSR count). The minimum Gasteiger partial charge on any atom is -0.149 e. The summed E-state index contributed by atoms with van der Waals surface area (Å²) in [5.41, 5.74) is 0.485. The van der Waals surface area contributed by atoms with E-state index in [2.05, 4.69) is 10.2 Å². The number of halogens is 7. The predicted octanol–water partition coefficient (Wildman–Crippen LogP) is 8.68. The Balaban J connectivity index is 2.48. The van der Waals surface area contributed by atoms with Crippen LogP contribution in [0.4, 0.5) is 11.4 Å². The first kappa shape index (κ1) is 17.4. The lowest BCUT2D eigenvalue weighted by molar-refractivity contribution is 1.23. The van der Waals surface area contributed by atoms with Crippen molar-refractivity contribution in [2.75, 3.05) is 0 Å². The average Bonchev–Trinajstić information content (AvgIpc) is 2.44. The van der Waals surface area contributed by atoms with Crippen molar-refractivity contribution in [3.8, 4) is 0 Å². The second-order valence-corrected chi connectivity index (χ2v) is 6.44. The van der Waals surface area contributed by atoms with E-state index in [1.54, 1.807) is 12.1 Å². The SMILES string of the molecule is Clc1ccc(N=Nc2c(Cl)cc(Cl)c(Cl)c2Cl)c(Cl)c1Cl. The van der Waals surface area contributed by atoms with Crippen LogP contribution in [0.1, 0.15) is 0 Å². The highest BCUT2D eigenvalue weighted by Gasteiger charge is 2.14. The van der Waals surface area contributed by atoms with Crippen LogP contribution in [0, 0.1) is 0 Å². The number of rotatable bonds is 2. The predicted molar refractivity (Wildman–Crippen MR) is 92.1 cm³/mol. The maximum atomic E-state index is 6.03. The Morgan fingerprint density at radius 1 is 0.571 bits per heavy atom. The molecule has 0 spiro atoms. The van der Waals surface area contributed by atoms with Gasteiger partial charge in [0.2, 0.25) is 0 Å². The molecular formula is C12H3Cl7N2. The topological polar surface area (TPSA) is 24.7 Å². The van der Waals surface area contributed by atoms with Crippen LogP contribution >= 0.6 is 81.2 Å². The fraction of sp³-hybridized carbons (Fsp3) is 0. The molecule has 21 heavy (non-hydrogen) atoms. The Morgan fingerprint density at radius 2 is 1.19 bits per heavy atom. The molecule has 0 unspecified atom stereocenters. The summed E-state index contributed by atoms with van der Waals surface area (Å²) >= 11 is 41.6. The zero-order chi connectivity index (χ0) is 15.7. The molecule has 0 fully saturated rings. The minimum absolute atomic E-state index is 0.0918. The molecule has 0 aliphatic carbocycles. The maximum Gasteiger partial charge on any atom is 0.124 e. The molecule has 0 saturated heterocycles. The Labute approximate surface area is 155 Å². The van der Waals surface area contributed by atoms with Crippen LogP contribution < -0.4 is 0 Å². The normalized spacial score (nSPS) is 11.4. The Kier molecular flexibility index (Phi) is 5.89. The highest BCUT2D eigenvalue weighted by Crippen LogP contribution is 2.44. The van der Waals surface area contributed by atoms with Crippen LogP contribution in [0.5, 0.6) is 0 Å². The van der Waals surface area contributed by atoms with E-state index >= 15 is 0 Å². The molecule has 0 saturated carbocycles. The average molecular weight is 423 g/mol. The van der Waals surface area contributed by atoms with Crippen LogP contribution in [0.15, 0.2) is 28.4 Å². The van der Waals surface area contributed by atoms with Gasteiger partial charge in [-0.25, -0.2) is 0 Å². The highest BCUT2D eigenvalue weighted by atomic mass is 35.5. The second kappa shape index (κ2) is 7.10. The molecule has 110 valence electrons. The summed E-state index contributed by atoms with van der Waals surface area (Å²) in [4.78, 5) is 0. The molecule has 0 aliphatic heterocycles. The van der Waals surface area contributed by atoms with Gasteiger partial charge in [0.15, 0.2) is 0 Å². The Morgan fingerprint density at radius 3 is 1.86 bits per heavy atom. The van der Waals surface area contributed by atoms with Crippen LogP contribution in [-0.4, -0.2) is 0 Å². The Hall–Kier alpha value is 0.0700. The first-order chi connectivity index (χ1) is 9.82. The van der Waals surface area contributed by atoms with Crippen LogP contribution in [-0.2, 0) is 0 Å². The first-order valence-corrected chi connectivity index (χ1v) is 7.85. The van der Waals surface area contributed by atoms with E-state index in [0.717, 1.165) is 0 Å². The van der Waals surface area contributed by atoms with Crippen molar-refractivity contribution in [3.63, 3.8) is 0 Å². The largest absolute Gasteiger partial charge is 0.149 e. The molecule has 2 aromatic carbocycles. The van der Waals surface area contributed by atoms with Gasteiger partial charge in [-0.05, 0) is 18.2 Å². The van der Waals surface area contributed by atoms with Crippen molar-refractivity contribution in [2.45, 2.75) is 0 Å². The Bertz CT molecular complexity index is 743. The lowest BCUT2D eigenvalue weighted by atomic mass is 10.3. The molecule has 0 radical (unpaired) electrons. The van der Waals surface area contributed by atoms with Crippen LogP contribution in [0.25, 0.3) is 0 Å². The van der Waals surface area contributed by atoms with E-state index in [1.807, 2.05) is 0 Å². The van der Waals surface area contributed by atoms with Gasteiger partial charge in [0, 0.05) is 0 Å². The van der Waals surface area contributed by atoms with E-state index in [9.17, 15) is 0 Å². The third kappa shape index (κ3) is 3.70. The van der Waals surface area contributed by atoms with Gasteiger partial charge in [-0.3, -0.25) is 0 Å². The third-order valence-electron chi connectivity index (χ3n) is 2.36. The summed E-state index contributed by atoms with van der Waals surface area (Å²) < 4.78 is 0.